The predicted molar refractivity (Wildman–Crippen MR) is 96.8 cm³/mol. The number of hydrogen-bond donors (Lipinski definition) is 0. The molecule has 0 saturated heterocycles. The molecule has 0 N–H and O–H groups in total. The van der Waals surface area contributed by atoms with Crippen LogP contribution in [0.1, 0.15) is 23.3 Å². The molecule has 0 radical (unpaired) electrons. The summed E-state index contributed by atoms with van der Waals surface area (Å²) in [5, 5.41) is 8.29. The largest absolute Gasteiger partial charge is 0.207 e. The van der Waals surface area contributed by atoms with Crippen LogP contribution in [-0.2, 0) is 0 Å². The smallest absolute Gasteiger partial charge is 0.176 e. The summed E-state index contributed by atoms with van der Waals surface area (Å²) < 4.78 is 28.2. The molecular formula is C17H14F2N2S3. The Morgan fingerprint density at radius 1 is 0.875 bits per heavy atom. The van der Waals surface area contributed by atoms with E-state index in [-0.39, 0.29) is 16.9 Å². The van der Waals surface area contributed by atoms with Crippen molar-refractivity contribution >= 4 is 34.9 Å². The highest BCUT2D eigenvalue weighted by Crippen LogP contribution is 2.42. The van der Waals surface area contributed by atoms with E-state index in [0.717, 1.165) is 25.6 Å². The van der Waals surface area contributed by atoms with E-state index in [1.807, 2.05) is 0 Å². The Bertz CT molecular complexity index is 743. The van der Waals surface area contributed by atoms with E-state index in [1.165, 1.54) is 47.4 Å². The SMILES string of the molecule is CCSc1nnc(SC(c2ccc(F)cc2)c2ccc(F)cc2)s1. The zero-order chi connectivity index (χ0) is 16.9. The van der Waals surface area contributed by atoms with Crippen LogP contribution >= 0.6 is 34.9 Å². The number of thioether (sulfide) groups is 2. The number of nitrogens with zero attached hydrogens (tertiary/aromatic N) is 2. The highest BCUT2D eigenvalue weighted by Gasteiger charge is 2.19. The second kappa shape index (κ2) is 8.09. The van der Waals surface area contributed by atoms with Gasteiger partial charge in [-0.05, 0) is 41.1 Å². The molecule has 3 rings (SSSR count). The molecule has 2 aromatic carbocycles. The number of hydrogen-bond acceptors (Lipinski definition) is 5. The first-order chi connectivity index (χ1) is 11.7. The minimum atomic E-state index is -0.279. The third-order valence-electron chi connectivity index (χ3n) is 3.22. The first-order valence-electron chi connectivity index (χ1n) is 7.29. The standard InChI is InChI=1S/C17H14F2N2S3/c1-2-22-16-20-21-17(24-16)23-15(11-3-7-13(18)8-4-11)12-5-9-14(19)10-6-12/h3-10,15H,2H2,1H3. The van der Waals surface area contributed by atoms with Crippen molar-refractivity contribution < 1.29 is 8.78 Å². The van der Waals surface area contributed by atoms with E-state index >= 15 is 0 Å². The van der Waals surface area contributed by atoms with Crippen molar-refractivity contribution in [1.82, 2.24) is 10.2 Å². The van der Waals surface area contributed by atoms with Crippen molar-refractivity contribution in [2.45, 2.75) is 20.9 Å². The fourth-order valence-electron chi connectivity index (χ4n) is 2.13. The normalized spacial score (nSPS) is 11.2. The number of benzene rings is 2. The molecule has 0 aliphatic rings. The fraction of sp³-hybridized carbons (Fsp3) is 0.176. The van der Waals surface area contributed by atoms with Gasteiger partial charge in [0.05, 0.1) is 5.25 Å². The van der Waals surface area contributed by atoms with Gasteiger partial charge in [-0.1, -0.05) is 66.0 Å². The van der Waals surface area contributed by atoms with Gasteiger partial charge in [-0.2, -0.15) is 0 Å². The van der Waals surface area contributed by atoms with Crippen molar-refractivity contribution in [2.75, 3.05) is 5.75 Å². The topological polar surface area (TPSA) is 25.8 Å². The molecule has 0 spiro atoms. The summed E-state index contributed by atoms with van der Waals surface area (Å²) >= 11 is 4.73. The van der Waals surface area contributed by atoms with Crippen LogP contribution in [0.4, 0.5) is 8.78 Å². The van der Waals surface area contributed by atoms with Crippen LogP contribution in [0.2, 0.25) is 0 Å². The second-order valence-corrected chi connectivity index (χ2v) is 8.71. The summed E-state index contributed by atoms with van der Waals surface area (Å²) in [6, 6.07) is 12.7. The lowest BCUT2D eigenvalue weighted by molar-refractivity contribution is 0.626. The fourth-order valence-corrected chi connectivity index (χ4v) is 5.37. The van der Waals surface area contributed by atoms with E-state index in [2.05, 4.69) is 17.1 Å². The highest BCUT2D eigenvalue weighted by atomic mass is 32.2. The molecule has 0 amide bonds. The second-order valence-electron chi connectivity index (χ2n) is 4.87. The molecular weight excluding hydrogens is 366 g/mol. The Labute approximate surface area is 151 Å². The van der Waals surface area contributed by atoms with Crippen LogP contribution in [0.5, 0.6) is 0 Å². The van der Waals surface area contributed by atoms with E-state index in [0.29, 0.717) is 0 Å². The van der Waals surface area contributed by atoms with Gasteiger partial charge in [-0.15, -0.1) is 10.2 Å². The van der Waals surface area contributed by atoms with Crippen molar-refractivity contribution in [1.29, 1.82) is 0 Å². The lowest BCUT2D eigenvalue weighted by atomic mass is 10.0. The third kappa shape index (κ3) is 4.34. The summed E-state index contributed by atoms with van der Waals surface area (Å²) in [6.45, 7) is 2.07. The maximum atomic E-state index is 13.2. The molecule has 2 nitrogen and oxygen atoms in total. The quantitative estimate of drug-likeness (QED) is 0.504. The molecule has 0 aliphatic heterocycles. The molecule has 24 heavy (non-hydrogen) atoms. The van der Waals surface area contributed by atoms with Gasteiger partial charge >= 0.3 is 0 Å². The first-order valence-corrected chi connectivity index (χ1v) is 9.97. The lowest BCUT2D eigenvalue weighted by Crippen LogP contribution is -1.97. The molecule has 124 valence electrons. The van der Waals surface area contributed by atoms with E-state index in [1.54, 1.807) is 36.0 Å². The van der Waals surface area contributed by atoms with Crippen LogP contribution in [0.15, 0.2) is 57.2 Å². The minimum Gasteiger partial charge on any atom is -0.207 e. The van der Waals surface area contributed by atoms with Crippen LogP contribution in [0.3, 0.4) is 0 Å². The van der Waals surface area contributed by atoms with E-state index in [9.17, 15) is 8.78 Å². The summed E-state index contributed by atoms with van der Waals surface area (Å²) in [5.41, 5.74) is 1.88. The first kappa shape index (κ1) is 17.4. The molecule has 7 heteroatoms. The molecule has 3 aromatic rings. The minimum absolute atomic E-state index is 0.0985. The number of rotatable bonds is 6. The number of aromatic nitrogens is 2. The molecule has 0 saturated carbocycles. The van der Waals surface area contributed by atoms with Crippen LogP contribution in [0.25, 0.3) is 0 Å². The van der Waals surface area contributed by atoms with Gasteiger partial charge in [0, 0.05) is 0 Å². The molecule has 0 aliphatic carbocycles. The van der Waals surface area contributed by atoms with Crippen molar-refractivity contribution in [3.8, 4) is 0 Å². The molecule has 0 unspecified atom stereocenters. The highest BCUT2D eigenvalue weighted by molar-refractivity contribution is 8.03. The van der Waals surface area contributed by atoms with Gasteiger partial charge in [0.25, 0.3) is 0 Å². The van der Waals surface area contributed by atoms with Gasteiger partial charge in [0.1, 0.15) is 11.6 Å². The van der Waals surface area contributed by atoms with E-state index < -0.39 is 0 Å². The van der Waals surface area contributed by atoms with Crippen LogP contribution < -0.4 is 0 Å². The molecule has 0 fully saturated rings. The van der Waals surface area contributed by atoms with Gasteiger partial charge < -0.3 is 0 Å². The summed E-state index contributed by atoms with van der Waals surface area (Å²) in [6.07, 6.45) is 0. The van der Waals surface area contributed by atoms with Gasteiger partial charge in [-0.3, -0.25) is 0 Å². The van der Waals surface area contributed by atoms with Gasteiger partial charge in [-0.25, -0.2) is 8.78 Å². The Balaban J connectivity index is 1.91. The zero-order valence-electron chi connectivity index (χ0n) is 12.8. The van der Waals surface area contributed by atoms with Crippen LogP contribution in [0, 0.1) is 11.6 Å². The Hall–Kier alpha value is -1.44. The van der Waals surface area contributed by atoms with E-state index in [4.69, 9.17) is 0 Å². The van der Waals surface area contributed by atoms with Crippen molar-refractivity contribution in [3.63, 3.8) is 0 Å². The Morgan fingerprint density at radius 3 is 1.88 bits per heavy atom. The summed E-state index contributed by atoms with van der Waals surface area (Å²) in [4.78, 5) is 0. The van der Waals surface area contributed by atoms with Crippen molar-refractivity contribution in [2.24, 2.45) is 0 Å². The summed E-state index contributed by atoms with van der Waals surface area (Å²) in [5.74, 6) is 0.386. The third-order valence-corrected chi connectivity index (χ3v) is 6.56. The lowest BCUT2D eigenvalue weighted by Gasteiger charge is -2.16. The average molecular weight is 381 g/mol. The van der Waals surface area contributed by atoms with Crippen LogP contribution in [-0.4, -0.2) is 16.0 Å². The zero-order valence-corrected chi connectivity index (χ0v) is 15.2. The van der Waals surface area contributed by atoms with Gasteiger partial charge in [0.15, 0.2) is 8.68 Å². The predicted octanol–water partition coefficient (Wildman–Crippen LogP) is 5.81. The Morgan fingerprint density at radius 2 is 1.38 bits per heavy atom. The molecule has 1 aromatic heterocycles. The van der Waals surface area contributed by atoms with Gasteiger partial charge in [0.2, 0.25) is 0 Å². The maximum absolute atomic E-state index is 13.2. The summed E-state index contributed by atoms with van der Waals surface area (Å²) in [7, 11) is 0. The number of halogens is 2. The molecule has 0 bridgehead atoms. The monoisotopic (exact) mass is 380 g/mol. The molecule has 1 heterocycles. The van der Waals surface area contributed by atoms with Crippen molar-refractivity contribution in [3.05, 3.63) is 71.3 Å². The Kier molecular flexibility index (Phi) is 5.86. The maximum Gasteiger partial charge on any atom is 0.176 e. The average Bonchev–Trinajstić information content (AvgIpc) is 3.02. The molecule has 0 atom stereocenters.